The van der Waals surface area contributed by atoms with E-state index >= 15 is 0 Å². The summed E-state index contributed by atoms with van der Waals surface area (Å²) >= 11 is 3.28. The molecular weight excluding hydrogens is 286 g/mol. The van der Waals surface area contributed by atoms with Gasteiger partial charge in [-0.3, -0.25) is 14.9 Å². The number of rotatable bonds is 2. The van der Waals surface area contributed by atoms with Gasteiger partial charge in [0, 0.05) is 27.8 Å². The van der Waals surface area contributed by atoms with Crippen LogP contribution >= 0.6 is 15.9 Å². The maximum absolute atomic E-state index is 12.0. The Morgan fingerprint density at radius 1 is 1.24 bits per heavy atom. The first-order chi connectivity index (χ1) is 8.07. The molecule has 0 bridgehead atoms. The van der Waals surface area contributed by atoms with E-state index in [1.165, 1.54) is 0 Å². The highest BCUT2D eigenvalue weighted by molar-refractivity contribution is 9.10. The summed E-state index contributed by atoms with van der Waals surface area (Å²) in [5.41, 5.74) is -1.02. The van der Waals surface area contributed by atoms with Gasteiger partial charge in [-0.25, -0.2) is 0 Å². The number of carbonyl (C=O) groups is 1. The molecule has 1 unspecified atom stereocenters. The Bertz CT molecular complexity index is 457. The summed E-state index contributed by atoms with van der Waals surface area (Å²) in [6.07, 6.45) is 2.09. The first-order valence-electron chi connectivity index (χ1n) is 5.51. The summed E-state index contributed by atoms with van der Waals surface area (Å²) in [7, 11) is 0. The van der Waals surface area contributed by atoms with E-state index in [9.17, 15) is 14.9 Å². The minimum Gasteiger partial charge on any atom is -0.291 e. The van der Waals surface area contributed by atoms with Crippen LogP contribution < -0.4 is 0 Å². The number of hydrogen-bond donors (Lipinski definition) is 0. The van der Waals surface area contributed by atoms with Gasteiger partial charge >= 0.3 is 5.54 Å². The molecule has 90 valence electrons. The van der Waals surface area contributed by atoms with Gasteiger partial charge in [0.15, 0.2) is 0 Å². The summed E-state index contributed by atoms with van der Waals surface area (Å²) in [5.74, 6) is -0.268. The molecule has 0 N–H and O–H groups in total. The molecule has 1 fully saturated rings. The van der Waals surface area contributed by atoms with Crippen LogP contribution in [0, 0.1) is 10.1 Å². The number of nitro groups is 1. The Hall–Kier alpha value is -1.23. The summed E-state index contributed by atoms with van der Waals surface area (Å²) in [5, 5.41) is 11.3. The smallest absolute Gasteiger partial charge is 0.291 e. The molecule has 0 saturated heterocycles. The fourth-order valence-corrected chi connectivity index (χ4v) is 2.61. The number of halogens is 1. The first kappa shape index (κ1) is 12.2. The quantitative estimate of drug-likeness (QED) is 0.622. The predicted octanol–water partition coefficient (Wildman–Crippen LogP) is 3.06. The number of carbonyl (C=O) groups excluding carboxylic acids is 1. The molecule has 1 aromatic rings. The van der Waals surface area contributed by atoms with Crippen LogP contribution in [0.3, 0.4) is 0 Å². The highest BCUT2D eigenvalue weighted by Gasteiger charge is 2.52. The van der Waals surface area contributed by atoms with Crippen LogP contribution in [-0.2, 0) is 10.3 Å². The van der Waals surface area contributed by atoms with Crippen molar-refractivity contribution in [3.63, 3.8) is 0 Å². The monoisotopic (exact) mass is 297 g/mol. The fourth-order valence-electron chi connectivity index (χ4n) is 2.34. The van der Waals surface area contributed by atoms with E-state index in [1.54, 1.807) is 24.3 Å². The lowest BCUT2D eigenvalue weighted by Gasteiger charge is -2.27. The Labute approximate surface area is 107 Å². The average Bonchev–Trinajstić information content (AvgIpc) is 2.31. The van der Waals surface area contributed by atoms with Gasteiger partial charge in [0.05, 0.1) is 0 Å². The topological polar surface area (TPSA) is 60.2 Å². The highest BCUT2D eigenvalue weighted by Crippen LogP contribution is 2.37. The fraction of sp³-hybridized carbons (Fsp3) is 0.417. The number of ketones is 1. The number of benzene rings is 1. The van der Waals surface area contributed by atoms with Gasteiger partial charge < -0.3 is 0 Å². The van der Waals surface area contributed by atoms with E-state index in [2.05, 4.69) is 15.9 Å². The maximum atomic E-state index is 12.0. The average molecular weight is 298 g/mol. The molecule has 1 atom stereocenters. The summed E-state index contributed by atoms with van der Waals surface area (Å²) < 4.78 is 0.850. The summed E-state index contributed by atoms with van der Waals surface area (Å²) in [4.78, 5) is 22.9. The normalized spacial score (nSPS) is 24.6. The molecule has 0 aliphatic heterocycles. The molecule has 1 saturated carbocycles. The zero-order chi connectivity index (χ0) is 12.5. The molecule has 0 spiro atoms. The van der Waals surface area contributed by atoms with Crippen molar-refractivity contribution in [2.24, 2.45) is 0 Å². The molecule has 0 amide bonds. The SMILES string of the molecule is O=C1CCCCC1(c1ccc(Br)cc1)[N+](=O)[O-]. The van der Waals surface area contributed by atoms with Crippen LogP contribution in [-0.4, -0.2) is 10.7 Å². The van der Waals surface area contributed by atoms with Crippen LogP contribution in [0.5, 0.6) is 0 Å². The lowest BCUT2D eigenvalue weighted by Crippen LogP contribution is -2.45. The second-order valence-electron chi connectivity index (χ2n) is 4.25. The van der Waals surface area contributed by atoms with Crippen LogP contribution in [0.1, 0.15) is 31.2 Å². The molecule has 0 heterocycles. The van der Waals surface area contributed by atoms with Crippen molar-refractivity contribution in [1.29, 1.82) is 0 Å². The molecule has 0 radical (unpaired) electrons. The predicted molar refractivity (Wildman–Crippen MR) is 66.3 cm³/mol. The third kappa shape index (κ3) is 1.99. The van der Waals surface area contributed by atoms with Crippen LogP contribution in [0.4, 0.5) is 0 Å². The third-order valence-corrected chi connectivity index (χ3v) is 3.82. The molecular formula is C12H12BrNO3. The summed E-state index contributed by atoms with van der Waals surface area (Å²) in [6.45, 7) is 0. The van der Waals surface area contributed by atoms with Crippen LogP contribution in [0.15, 0.2) is 28.7 Å². The van der Waals surface area contributed by atoms with E-state index < -0.39 is 10.5 Å². The van der Waals surface area contributed by atoms with E-state index in [4.69, 9.17) is 0 Å². The Balaban J connectivity index is 2.50. The van der Waals surface area contributed by atoms with Gasteiger partial charge in [0.2, 0.25) is 5.78 Å². The summed E-state index contributed by atoms with van der Waals surface area (Å²) in [6, 6.07) is 6.80. The molecule has 1 aliphatic carbocycles. The minimum atomic E-state index is -1.51. The third-order valence-electron chi connectivity index (χ3n) is 3.29. The zero-order valence-electron chi connectivity index (χ0n) is 9.19. The maximum Gasteiger partial charge on any atom is 0.304 e. The molecule has 5 heteroatoms. The zero-order valence-corrected chi connectivity index (χ0v) is 10.8. The van der Waals surface area contributed by atoms with Crippen molar-refractivity contribution in [3.05, 3.63) is 44.4 Å². The van der Waals surface area contributed by atoms with E-state index in [0.29, 0.717) is 18.4 Å². The van der Waals surface area contributed by atoms with E-state index in [0.717, 1.165) is 17.3 Å². The van der Waals surface area contributed by atoms with Crippen LogP contribution in [0.25, 0.3) is 0 Å². The van der Waals surface area contributed by atoms with Gasteiger partial charge in [-0.15, -0.1) is 0 Å². The van der Waals surface area contributed by atoms with Crippen molar-refractivity contribution in [3.8, 4) is 0 Å². The minimum absolute atomic E-state index is 0.268. The highest BCUT2D eigenvalue weighted by atomic mass is 79.9. The Morgan fingerprint density at radius 2 is 1.88 bits per heavy atom. The molecule has 0 aromatic heterocycles. The second kappa shape index (κ2) is 4.56. The van der Waals surface area contributed by atoms with Gasteiger partial charge in [-0.05, 0) is 25.0 Å². The van der Waals surface area contributed by atoms with E-state index in [-0.39, 0.29) is 5.78 Å². The lowest BCUT2D eigenvalue weighted by atomic mass is 9.76. The molecule has 2 rings (SSSR count). The number of nitrogens with zero attached hydrogens (tertiary/aromatic N) is 1. The van der Waals surface area contributed by atoms with Gasteiger partial charge in [0.25, 0.3) is 0 Å². The van der Waals surface area contributed by atoms with Gasteiger partial charge in [-0.1, -0.05) is 28.1 Å². The van der Waals surface area contributed by atoms with Crippen molar-refractivity contribution < 1.29 is 9.72 Å². The van der Waals surface area contributed by atoms with Crippen molar-refractivity contribution in [1.82, 2.24) is 0 Å². The first-order valence-corrected chi connectivity index (χ1v) is 6.30. The lowest BCUT2D eigenvalue weighted by molar-refractivity contribution is -0.563. The Morgan fingerprint density at radius 3 is 2.41 bits per heavy atom. The molecule has 4 nitrogen and oxygen atoms in total. The van der Waals surface area contributed by atoms with Gasteiger partial charge in [-0.2, -0.15) is 0 Å². The largest absolute Gasteiger partial charge is 0.304 e. The standard InChI is InChI=1S/C12H12BrNO3/c13-10-6-4-9(5-7-10)12(14(16)17)8-2-1-3-11(12)15/h4-7H,1-3,8H2. The van der Waals surface area contributed by atoms with Gasteiger partial charge in [0.1, 0.15) is 0 Å². The second-order valence-corrected chi connectivity index (χ2v) is 5.17. The van der Waals surface area contributed by atoms with Crippen LogP contribution in [0.2, 0.25) is 0 Å². The Kier molecular flexibility index (Phi) is 3.28. The number of Topliss-reactive ketones (excluding diaryl/α,β-unsaturated/α-hetero) is 1. The van der Waals surface area contributed by atoms with Crippen molar-refractivity contribution in [2.75, 3.05) is 0 Å². The molecule has 17 heavy (non-hydrogen) atoms. The van der Waals surface area contributed by atoms with Crippen molar-refractivity contribution in [2.45, 2.75) is 31.2 Å². The molecule has 1 aromatic carbocycles. The molecule has 1 aliphatic rings. The van der Waals surface area contributed by atoms with E-state index in [1.807, 2.05) is 0 Å². The number of hydrogen-bond acceptors (Lipinski definition) is 3. The van der Waals surface area contributed by atoms with Crippen molar-refractivity contribution >= 4 is 21.7 Å².